The molecule has 0 saturated carbocycles. The maximum Gasteiger partial charge on any atom is 0.268 e. The van der Waals surface area contributed by atoms with Gasteiger partial charge in [0.2, 0.25) is 0 Å². The van der Waals surface area contributed by atoms with Gasteiger partial charge in [-0.15, -0.1) is 11.3 Å². The number of thiophene rings is 1. The van der Waals surface area contributed by atoms with E-state index in [2.05, 4.69) is 32.0 Å². The summed E-state index contributed by atoms with van der Waals surface area (Å²) in [5.41, 5.74) is 2.76. The number of aromatic amines is 2. The molecule has 2 N–H and O–H groups in total. The van der Waals surface area contributed by atoms with Crippen LogP contribution in [0, 0.1) is 12.8 Å². The van der Waals surface area contributed by atoms with E-state index < -0.39 is 0 Å². The van der Waals surface area contributed by atoms with E-state index in [9.17, 15) is 4.79 Å². The number of likely N-dealkylation sites (tertiary alicyclic amines) is 1. The highest BCUT2D eigenvalue weighted by Crippen LogP contribution is 2.32. The molecule has 4 rings (SSSR count). The molecule has 4 heterocycles. The smallest absolute Gasteiger partial charge is 0.268 e. The lowest BCUT2D eigenvalue weighted by Crippen LogP contribution is -2.23. The summed E-state index contributed by atoms with van der Waals surface area (Å²) in [4.78, 5) is 23.4. The van der Waals surface area contributed by atoms with Crippen LogP contribution in [0.2, 0.25) is 0 Å². The van der Waals surface area contributed by atoms with Crippen molar-refractivity contribution in [2.75, 3.05) is 13.1 Å². The molecule has 0 aromatic carbocycles. The van der Waals surface area contributed by atoms with E-state index in [1.54, 1.807) is 6.20 Å². The first-order chi connectivity index (χ1) is 11.1. The van der Waals surface area contributed by atoms with Crippen LogP contribution in [0.5, 0.6) is 0 Å². The minimum atomic E-state index is -0.0466. The third-order valence-electron chi connectivity index (χ3n) is 4.41. The molecule has 0 radical (unpaired) electrons. The Hall–Kier alpha value is -1.99. The first kappa shape index (κ1) is 14.6. The topological polar surface area (TPSA) is 77.7 Å². The Morgan fingerprint density at radius 1 is 1.48 bits per heavy atom. The van der Waals surface area contributed by atoms with Crippen molar-refractivity contribution in [1.29, 1.82) is 0 Å². The van der Waals surface area contributed by atoms with Gasteiger partial charge in [-0.3, -0.25) is 14.8 Å². The Labute approximate surface area is 137 Å². The standard InChI is InChI=1S/C16H19N5OS/c1-9-3-4-21(7-9)8-14-18-12-5-13(11-6-17-20-10(11)2)23-15(12)16(22)19-14/h5-6,9H,3-4,7-8H2,1-2H3,(H,17,20)(H,18,19,22). The van der Waals surface area contributed by atoms with Crippen molar-refractivity contribution >= 4 is 21.6 Å². The fourth-order valence-electron chi connectivity index (χ4n) is 3.18. The minimum Gasteiger partial charge on any atom is -0.308 e. The summed E-state index contributed by atoms with van der Waals surface area (Å²) >= 11 is 1.47. The predicted octanol–water partition coefficient (Wildman–Crippen LogP) is 2.52. The average molecular weight is 329 g/mol. The summed E-state index contributed by atoms with van der Waals surface area (Å²) in [6, 6.07) is 1.99. The number of aryl methyl sites for hydroxylation is 1. The average Bonchev–Trinajstić information content (AvgIpc) is 3.19. The van der Waals surface area contributed by atoms with Crippen LogP contribution in [0.4, 0.5) is 0 Å². The van der Waals surface area contributed by atoms with E-state index in [4.69, 9.17) is 0 Å². The van der Waals surface area contributed by atoms with E-state index in [0.29, 0.717) is 11.2 Å². The summed E-state index contributed by atoms with van der Waals surface area (Å²) in [5.74, 6) is 1.48. The highest BCUT2D eigenvalue weighted by Gasteiger charge is 2.20. The zero-order chi connectivity index (χ0) is 16.0. The van der Waals surface area contributed by atoms with Gasteiger partial charge in [-0.05, 0) is 31.9 Å². The fraction of sp³-hybridized carbons (Fsp3) is 0.438. The third kappa shape index (κ3) is 2.70. The zero-order valence-electron chi connectivity index (χ0n) is 13.2. The molecular weight excluding hydrogens is 310 g/mol. The third-order valence-corrected chi connectivity index (χ3v) is 5.57. The maximum atomic E-state index is 12.4. The van der Waals surface area contributed by atoms with E-state index >= 15 is 0 Å². The Kier molecular flexibility index (Phi) is 3.54. The summed E-state index contributed by atoms with van der Waals surface area (Å²) < 4.78 is 0.680. The zero-order valence-corrected chi connectivity index (χ0v) is 14.0. The molecule has 1 aliphatic heterocycles. The molecule has 7 heteroatoms. The first-order valence-electron chi connectivity index (χ1n) is 7.85. The van der Waals surface area contributed by atoms with E-state index in [-0.39, 0.29) is 5.56 Å². The molecule has 1 fully saturated rings. The Morgan fingerprint density at radius 2 is 2.35 bits per heavy atom. The number of hydrogen-bond donors (Lipinski definition) is 2. The molecule has 1 saturated heterocycles. The van der Waals surface area contributed by atoms with E-state index in [1.807, 2.05) is 13.0 Å². The van der Waals surface area contributed by atoms with Crippen molar-refractivity contribution in [2.24, 2.45) is 5.92 Å². The number of aromatic nitrogens is 4. The van der Waals surface area contributed by atoms with Gasteiger partial charge >= 0.3 is 0 Å². The molecule has 6 nitrogen and oxygen atoms in total. The number of nitrogens with one attached hydrogen (secondary N) is 2. The predicted molar refractivity (Wildman–Crippen MR) is 91.6 cm³/mol. The molecule has 23 heavy (non-hydrogen) atoms. The van der Waals surface area contributed by atoms with Gasteiger partial charge in [-0.2, -0.15) is 5.10 Å². The maximum absolute atomic E-state index is 12.4. The van der Waals surface area contributed by atoms with Crippen LogP contribution in [-0.4, -0.2) is 38.2 Å². The molecule has 0 aliphatic carbocycles. The van der Waals surface area contributed by atoms with Crippen molar-refractivity contribution in [3.05, 3.63) is 34.1 Å². The van der Waals surface area contributed by atoms with Crippen LogP contribution >= 0.6 is 11.3 Å². The molecule has 1 atom stereocenters. The molecule has 1 aliphatic rings. The van der Waals surface area contributed by atoms with Gasteiger partial charge < -0.3 is 4.98 Å². The van der Waals surface area contributed by atoms with Gasteiger partial charge in [-0.1, -0.05) is 6.92 Å². The van der Waals surface area contributed by atoms with Crippen LogP contribution in [0.1, 0.15) is 24.9 Å². The van der Waals surface area contributed by atoms with Gasteiger partial charge in [0.25, 0.3) is 5.56 Å². The second kappa shape index (κ2) is 5.58. The molecule has 3 aromatic heterocycles. The number of hydrogen-bond acceptors (Lipinski definition) is 5. The van der Waals surface area contributed by atoms with Gasteiger partial charge in [0, 0.05) is 22.7 Å². The number of rotatable bonds is 3. The summed E-state index contributed by atoms with van der Waals surface area (Å²) in [6.07, 6.45) is 3.01. The fourth-order valence-corrected chi connectivity index (χ4v) is 4.24. The highest BCUT2D eigenvalue weighted by atomic mass is 32.1. The van der Waals surface area contributed by atoms with Crippen LogP contribution in [-0.2, 0) is 6.54 Å². The highest BCUT2D eigenvalue weighted by molar-refractivity contribution is 7.22. The van der Waals surface area contributed by atoms with Crippen LogP contribution in [0.15, 0.2) is 17.1 Å². The lowest BCUT2D eigenvalue weighted by atomic mass is 10.2. The minimum absolute atomic E-state index is 0.0466. The van der Waals surface area contributed by atoms with Gasteiger partial charge in [0.15, 0.2) is 0 Å². The molecule has 0 amide bonds. The van der Waals surface area contributed by atoms with E-state index in [1.165, 1.54) is 17.8 Å². The normalized spacial score (nSPS) is 19.0. The molecule has 120 valence electrons. The second-order valence-corrected chi connectivity index (χ2v) is 7.43. The quantitative estimate of drug-likeness (QED) is 0.774. The van der Waals surface area contributed by atoms with Gasteiger partial charge in [0.05, 0.1) is 18.3 Å². The lowest BCUT2D eigenvalue weighted by molar-refractivity contribution is 0.312. The molecular formula is C16H19N5OS. The first-order valence-corrected chi connectivity index (χ1v) is 8.67. The molecule has 0 spiro atoms. The molecule has 1 unspecified atom stereocenters. The summed E-state index contributed by atoms with van der Waals surface area (Å²) in [5, 5.41) is 6.99. The molecule has 0 bridgehead atoms. The van der Waals surface area contributed by atoms with Crippen molar-refractivity contribution in [3.63, 3.8) is 0 Å². The van der Waals surface area contributed by atoms with Crippen molar-refractivity contribution in [1.82, 2.24) is 25.1 Å². The van der Waals surface area contributed by atoms with Crippen LogP contribution < -0.4 is 5.56 Å². The second-order valence-electron chi connectivity index (χ2n) is 6.38. The number of nitrogens with zero attached hydrogens (tertiary/aromatic N) is 3. The molecule has 3 aromatic rings. The Balaban J connectivity index is 1.70. The van der Waals surface area contributed by atoms with Crippen molar-refractivity contribution in [2.45, 2.75) is 26.8 Å². The largest absolute Gasteiger partial charge is 0.308 e. The van der Waals surface area contributed by atoms with Crippen molar-refractivity contribution < 1.29 is 0 Å². The Morgan fingerprint density at radius 3 is 3.04 bits per heavy atom. The SMILES string of the molecule is Cc1[nH]ncc1-c1cc2nc(CN3CCC(C)C3)[nH]c(=O)c2s1. The van der Waals surface area contributed by atoms with Gasteiger partial charge in [0.1, 0.15) is 10.5 Å². The van der Waals surface area contributed by atoms with Crippen LogP contribution in [0.25, 0.3) is 20.7 Å². The Bertz CT molecular complexity index is 909. The monoisotopic (exact) mass is 329 g/mol. The van der Waals surface area contributed by atoms with Gasteiger partial charge in [-0.25, -0.2) is 4.98 Å². The lowest BCUT2D eigenvalue weighted by Gasteiger charge is -2.13. The number of fused-ring (bicyclic) bond motifs is 1. The van der Waals surface area contributed by atoms with Crippen molar-refractivity contribution in [3.8, 4) is 10.4 Å². The van der Waals surface area contributed by atoms with Crippen LogP contribution in [0.3, 0.4) is 0 Å². The summed E-state index contributed by atoms with van der Waals surface area (Å²) in [6.45, 7) is 7.10. The van der Waals surface area contributed by atoms with E-state index in [0.717, 1.165) is 46.5 Å². The number of H-pyrrole nitrogens is 2. The summed E-state index contributed by atoms with van der Waals surface area (Å²) in [7, 11) is 0.